The van der Waals surface area contributed by atoms with Crippen LogP contribution in [0.3, 0.4) is 0 Å². The van der Waals surface area contributed by atoms with Crippen LogP contribution >= 0.6 is 0 Å². The third-order valence-corrected chi connectivity index (χ3v) is 4.25. The number of likely N-dealkylation sites (tertiary alicyclic amines) is 1. The highest BCUT2D eigenvalue weighted by molar-refractivity contribution is 5.76. The molecule has 0 aliphatic carbocycles. The number of piperazine rings is 1. The molecule has 0 saturated carbocycles. The van der Waals surface area contributed by atoms with Gasteiger partial charge >= 0.3 is 0 Å². The molecule has 0 spiro atoms. The molecule has 110 valence electrons. The summed E-state index contributed by atoms with van der Waals surface area (Å²) in [7, 11) is 4.28. The van der Waals surface area contributed by atoms with Crippen LogP contribution in [0.4, 0.5) is 0 Å². The van der Waals surface area contributed by atoms with E-state index < -0.39 is 0 Å². The molecule has 2 unspecified atom stereocenters. The Morgan fingerprint density at radius 1 is 1.26 bits per heavy atom. The van der Waals surface area contributed by atoms with Crippen molar-refractivity contribution in [1.29, 1.82) is 0 Å². The van der Waals surface area contributed by atoms with E-state index in [1.807, 2.05) is 0 Å². The molecule has 5 heteroatoms. The summed E-state index contributed by atoms with van der Waals surface area (Å²) < 4.78 is 0. The van der Waals surface area contributed by atoms with Crippen molar-refractivity contribution in [3.05, 3.63) is 0 Å². The maximum atomic E-state index is 11.9. The van der Waals surface area contributed by atoms with Gasteiger partial charge in [-0.15, -0.1) is 0 Å². The van der Waals surface area contributed by atoms with Gasteiger partial charge in [0.1, 0.15) is 0 Å². The predicted molar refractivity (Wildman–Crippen MR) is 77.1 cm³/mol. The Balaban J connectivity index is 1.56. The van der Waals surface area contributed by atoms with Crippen molar-refractivity contribution in [2.45, 2.75) is 25.3 Å². The quantitative estimate of drug-likeness (QED) is 0.721. The minimum atomic E-state index is 0.194. The number of hydrogen-bond acceptors (Lipinski definition) is 4. The molecule has 19 heavy (non-hydrogen) atoms. The lowest BCUT2D eigenvalue weighted by atomic mass is 10.1. The van der Waals surface area contributed by atoms with Gasteiger partial charge < -0.3 is 20.4 Å². The number of carbonyl (C=O) groups excluding carboxylic acids is 1. The van der Waals surface area contributed by atoms with Crippen molar-refractivity contribution in [2.75, 3.05) is 53.4 Å². The third kappa shape index (κ3) is 5.09. The Morgan fingerprint density at radius 2 is 2.05 bits per heavy atom. The summed E-state index contributed by atoms with van der Waals surface area (Å²) in [5.41, 5.74) is 0. The van der Waals surface area contributed by atoms with Crippen LogP contribution < -0.4 is 10.6 Å². The van der Waals surface area contributed by atoms with Crippen LogP contribution in [0.2, 0.25) is 0 Å². The number of rotatable bonds is 5. The van der Waals surface area contributed by atoms with E-state index in [1.165, 1.54) is 19.5 Å². The molecule has 2 saturated heterocycles. The van der Waals surface area contributed by atoms with Gasteiger partial charge in [0.05, 0.1) is 0 Å². The van der Waals surface area contributed by atoms with Gasteiger partial charge in [-0.25, -0.2) is 0 Å². The fourth-order valence-electron chi connectivity index (χ4n) is 3.10. The second-order valence-electron chi connectivity index (χ2n) is 6.17. The Morgan fingerprint density at radius 3 is 2.74 bits per heavy atom. The van der Waals surface area contributed by atoms with Crippen LogP contribution in [0, 0.1) is 5.92 Å². The summed E-state index contributed by atoms with van der Waals surface area (Å²) in [6.45, 7) is 6.26. The minimum absolute atomic E-state index is 0.194. The monoisotopic (exact) mass is 268 g/mol. The zero-order chi connectivity index (χ0) is 13.7. The number of amides is 1. The molecule has 2 aliphatic heterocycles. The van der Waals surface area contributed by atoms with Gasteiger partial charge in [0, 0.05) is 45.2 Å². The molecule has 5 nitrogen and oxygen atoms in total. The Labute approximate surface area is 116 Å². The van der Waals surface area contributed by atoms with E-state index in [1.54, 1.807) is 0 Å². The van der Waals surface area contributed by atoms with Gasteiger partial charge in [-0.3, -0.25) is 4.79 Å². The number of likely N-dealkylation sites (N-methyl/N-ethyl adjacent to an activating group) is 1. The van der Waals surface area contributed by atoms with Gasteiger partial charge in [0.2, 0.25) is 5.91 Å². The molecular weight excluding hydrogens is 240 g/mol. The zero-order valence-corrected chi connectivity index (χ0v) is 12.3. The summed E-state index contributed by atoms with van der Waals surface area (Å²) in [6, 6.07) is 0.316. The Hall–Kier alpha value is -0.650. The molecule has 2 fully saturated rings. The molecule has 2 N–H and O–H groups in total. The molecule has 0 bridgehead atoms. The molecule has 2 atom stereocenters. The second kappa shape index (κ2) is 7.22. The Bertz CT molecular complexity index is 297. The van der Waals surface area contributed by atoms with Gasteiger partial charge in [-0.1, -0.05) is 0 Å². The van der Waals surface area contributed by atoms with E-state index in [2.05, 4.69) is 34.5 Å². The first-order valence-corrected chi connectivity index (χ1v) is 7.50. The van der Waals surface area contributed by atoms with Crippen molar-refractivity contribution in [2.24, 2.45) is 5.92 Å². The lowest BCUT2D eigenvalue weighted by molar-refractivity contribution is -0.121. The first kappa shape index (κ1) is 14.8. The van der Waals surface area contributed by atoms with Crippen molar-refractivity contribution in [3.8, 4) is 0 Å². The molecule has 2 rings (SSSR count). The van der Waals surface area contributed by atoms with Gasteiger partial charge in [-0.2, -0.15) is 0 Å². The van der Waals surface area contributed by atoms with E-state index in [9.17, 15) is 4.79 Å². The lowest BCUT2D eigenvalue weighted by Crippen LogP contribution is -2.50. The average Bonchev–Trinajstić information content (AvgIpc) is 2.75. The highest BCUT2D eigenvalue weighted by Gasteiger charge is 2.21. The second-order valence-corrected chi connectivity index (χ2v) is 6.17. The number of nitrogens with zero attached hydrogens (tertiary/aromatic N) is 2. The van der Waals surface area contributed by atoms with E-state index in [0.717, 1.165) is 38.5 Å². The lowest BCUT2D eigenvalue weighted by Gasteiger charge is -2.30. The van der Waals surface area contributed by atoms with E-state index in [-0.39, 0.29) is 5.91 Å². The maximum absolute atomic E-state index is 11.9. The molecule has 2 heterocycles. The van der Waals surface area contributed by atoms with Crippen molar-refractivity contribution < 1.29 is 4.79 Å². The van der Waals surface area contributed by atoms with Crippen LogP contribution in [0.25, 0.3) is 0 Å². The van der Waals surface area contributed by atoms with E-state index >= 15 is 0 Å². The number of hydrogen-bond donors (Lipinski definition) is 2. The molecule has 0 aromatic rings. The minimum Gasteiger partial charge on any atom is -0.356 e. The van der Waals surface area contributed by atoms with Crippen LogP contribution in [0.5, 0.6) is 0 Å². The topological polar surface area (TPSA) is 47.6 Å². The standard InChI is InChI=1S/C14H28N4O/c1-17-7-4-12(10-17)3-5-16-14(19)9-13-11-18(2)8-6-15-13/h12-13,15H,3-11H2,1-2H3,(H,16,19). The molecule has 0 radical (unpaired) electrons. The Kier molecular flexibility index (Phi) is 5.60. The van der Waals surface area contributed by atoms with Crippen molar-refractivity contribution in [1.82, 2.24) is 20.4 Å². The van der Waals surface area contributed by atoms with Crippen LogP contribution in [0.15, 0.2) is 0 Å². The van der Waals surface area contributed by atoms with Crippen LogP contribution in [0.1, 0.15) is 19.3 Å². The molecular formula is C14H28N4O. The van der Waals surface area contributed by atoms with E-state index in [4.69, 9.17) is 0 Å². The smallest absolute Gasteiger partial charge is 0.221 e. The normalized spacial score (nSPS) is 29.6. The summed E-state index contributed by atoms with van der Waals surface area (Å²) in [6.07, 6.45) is 3.00. The average molecular weight is 268 g/mol. The molecule has 0 aromatic heterocycles. The SMILES string of the molecule is CN1CCC(CCNC(=O)CC2CN(C)CCN2)C1. The highest BCUT2D eigenvalue weighted by Crippen LogP contribution is 2.16. The van der Waals surface area contributed by atoms with Gasteiger partial charge in [0.25, 0.3) is 0 Å². The third-order valence-electron chi connectivity index (χ3n) is 4.25. The fraction of sp³-hybridized carbons (Fsp3) is 0.929. The van der Waals surface area contributed by atoms with E-state index in [0.29, 0.717) is 12.5 Å². The molecule has 2 aliphatic rings. The van der Waals surface area contributed by atoms with Gasteiger partial charge in [0.15, 0.2) is 0 Å². The number of carbonyl (C=O) groups is 1. The number of nitrogens with one attached hydrogen (secondary N) is 2. The van der Waals surface area contributed by atoms with Crippen LogP contribution in [-0.2, 0) is 4.79 Å². The van der Waals surface area contributed by atoms with Crippen molar-refractivity contribution in [3.63, 3.8) is 0 Å². The van der Waals surface area contributed by atoms with Gasteiger partial charge in [-0.05, 0) is 39.4 Å². The summed E-state index contributed by atoms with van der Waals surface area (Å²) >= 11 is 0. The first-order chi connectivity index (χ1) is 9.13. The maximum Gasteiger partial charge on any atom is 0.221 e. The summed E-state index contributed by atoms with van der Waals surface area (Å²) in [5.74, 6) is 0.961. The zero-order valence-electron chi connectivity index (χ0n) is 12.3. The highest BCUT2D eigenvalue weighted by atomic mass is 16.1. The van der Waals surface area contributed by atoms with Crippen LogP contribution in [-0.4, -0.2) is 75.1 Å². The summed E-state index contributed by atoms with van der Waals surface area (Å²) in [5, 5.41) is 6.48. The first-order valence-electron chi connectivity index (χ1n) is 7.50. The predicted octanol–water partition coefficient (Wildman–Crippen LogP) is -0.262. The molecule has 0 aromatic carbocycles. The van der Waals surface area contributed by atoms with Crippen molar-refractivity contribution >= 4 is 5.91 Å². The largest absolute Gasteiger partial charge is 0.356 e. The fourth-order valence-corrected chi connectivity index (χ4v) is 3.10. The summed E-state index contributed by atoms with van der Waals surface area (Å²) in [4.78, 5) is 16.5. The molecule has 1 amide bonds.